The molecule has 0 aliphatic carbocycles. The van der Waals surface area contributed by atoms with Gasteiger partial charge in [-0.2, -0.15) is 0 Å². The van der Waals surface area contributed by atoms with Crippen LogP contribution in [0.2, 0.25) is 0 Å². The first kappa shape index (κ1) is 17.9. The molecule has 1 unspecified atom stereocenters. The lowest BCUT2D eigenvalue weighted by atomic mass is 10.2. The van der Waals surface area contributed by atoms with E-state index < -0.39 is 10.0 Å². The van der Waals surface area contributed by atoms with Crippen molar-refractivity contribution in [2.45, 2.75) is 36.8 Å². The summed E-state index contributed by atoms with van der Waals surface area (Å²) in [5.74, 6) is -0.279. The van der Waals surface area contributed by atoms with Gasteiger partial charge in [-0.3, -0.25) is 4.79 Å². The number of amides is 1. The minimum absolute atomic E-state index is 0.0624. The molecule has 1 aromatic rings. The maximum absolute atomic E-state index is 12.2. The molecular formula is C15H23N3O4S. The molecule has 8 heteroatoms. The molecule has 0 saturated carbocycles. The van der Waals surface area contributed by atoms with Crippen molar-refractivity contribution in [3.05, 3.63) is 29.8 Å². The van der Waals surface area contributed by atoms with E-state index in [0.717, 1.165) is 12.8 Å². The summed E-state index contributed by atoms with van der Waals surface area (Å²) in [4.78, 5) is 12.1. The lowest BCUT2D eigenvalue weighted by molar-refractivity contribution is 0.0941. The first-order chi connectivity index (χ1) is 10.9. The lowest BCUT2D eigenvalue weighted by Gasteiger charge is -2.13. The number of nitrogens with two attached hydrogens (primary N) is 1. The van der Waals surface area contributed by atoms with E-state index >= 15 is 0 Å². The second-order valence-corrected chi connectivity index (χ2v) is 7.39. The third kappa shape index (κ3) is 5.00. The van der Waals surface area contributed by atoms with Crippen LogP contribution in [0.1, 0.15) is 30.1 Å². The van der Waals surface area contributed by atoms with Crippen LogP contribution in [-0.4, -0.2) is 46.2 Å². The van der Waals surface area contributed by atoms with Crippen molar-refractivity contribution < 1.29 is 17.9 Å². The summed E-state index contributed by atoms with van der Waals surface area (Å²) < 4.78 is 32.4. The zero-order chi connectivity index (χ0) is 16.9. The summed E-state index contributed by atoms with van der Waals surface area (Å²) in [7, 11) is -3.60. The van der Waals surface area contributed by atoms with Crippen molar-refractivity contribution in [3.63, 3.8) is 0 Å². The van der Waals surface area contributed by atoms with E-state index in [9.17, 15) is 13.2 Å². The molecule has 2 rings (SSSR count). The van der Waals surface area contributed by atoms with E-state index in [1.54, 1.807) is 6.92 Å². The van der Waals surface area contributed by atoms with Crippen LogP contribution < -0.4 is 15.8 Å². The number of sulfonamides is 1. The molecule has 7 nitrogen and oxygen atoms in total. The van der Waals surface area contributed by atoms with Crippen LogP contribution >= 0.6 is 0 Å². The lowest BCUT2D eigenvalue weighted by Crippen LogP contribution is -2.37. The third-order valence-electron chi connectivity index (χ3n) is 3.68. The van der Waals surface area contributed by atoms with E-state index in [1.165, 1.54) is 24.3 Å². The SMILES string of the molecule is C[C@@H](CN)NC(=O)c1ccc(S(=O)(=O)NCC2CCCO2)cc1. The summed E-state index contributed by atoms with van der Waals surface area (Å²) in [6.45, 7) is 3.08. The predicted octanol–water partition coefficient (Wildman–Crippen LogP) is 0.221. The van der Waals surface area contributed by atoms with Gasteiger partial charge < -0.3 is 15.8 Å². The molecule has 0 spiro atoms. The minimum Gasteiger partial charge on any atom is -0.377 e. The van der Waals surface area contributed by atoms with Gasteiger partial charge in [0.1, 0.15) is 0 Å². The number of hydrogen-bond acceptors (Lipinski definition) is 5. The maximum Gasteiger partial charge on any atom is 0.251 e. The average molecular weight is 341 g/mol. The van der Waals surface area contributed by atoms with E-state index in [-0.39, 0.29) is 29.5 Å². The van der Waals surface area contributed by atoms with Gasteiger partial charge in [0.25, 0.3) is 5.91 Å². The standard InChI is InChI=1S/C15H23N3O4S/c1-11(9-16)18-15(19)12-4-6-14(7-5-12)23(20,21)17-10-13-3-2-8-22-13/h4-7,11,13,17H,2-3,8-10,16H2,1H3,(H,18,19)/t11-,13?/m0/s1. The second kappa shape index (κ2) is 7.87. The highest BCUT2D eigenvalue weighted by molar-refractivity contribution is 7.89. The fourth-order valence-corrected chi connectivity index (χ4v) is 3.31. The normalized spacial score (nSPS) is 19.5. The minimum atomic E-state index is -3.60. The Bertz CT molecular complexity index is 625. The molecule has 1 aliphatic heterocycles. The Kier molecular flexibility index (Phi) is 6.11. The fraction of sp³-hybridized carbons (Fsp3) is 0.533. The molecule has 1 amide bonds. The Morgan fingerprint density at radius 2 is 2.09 bits per heavy atom. The van der Waals surface area contributed by atoms with Crippen molar-refractivity contribution in [1.82, 2.24) is 10.0 Å². The quantitative estimate of drug-likeness (QED) is 0.657. The molecule has 1 saturated heterocycles. The Morgan fingerprint density at radius 3 is 2.65 bits per heavy atom. The highest BCUT2D eigenvalue weighted by Gasteiger charge is 2.20. The molecule has 0 bridgehead atoms. The van der Waals surface area contributed by atoms with Crippen LogP contribution in [0.25, 0.3) is 0 Å². The molecule has 0 aromatic heterocycles. The molecule has 4 N–H and O–H groups in total. The molecule has 1 aliphatic rings. The number of benzene rings is 1. The van der Waals surface area contributed by atoms with E-state index in [4.69, 9.17) is 10.5 Å². The van der Waals surface area contributed by atoms with Gasteiger partial charge in [-0.05, 0) is 44.0 Å². The average Bonchev–Trinajstić information content (AvgIpc) is 3.06. The van der Waals surface area contributed by atoms with E-state index in [1.807, 2.05) is 0 Å². The zero-order valence-corrected chi connectivity index (χ0v) is 13.9. The van der Waals surface area contributed by atoms with Gasteiger partial charge in [-0.25, -0.2) is 13.1 Å². The fourth-order valence-electron chi connectivity index (χ4n) is 2.24. The number of hydrogen-bond donors (Lipinski definition) is 3. The monoisotopic (exact) mass is 341 g/mol. The van der Waals surface area contributed by atoms with Gasteiger partial charge in [-0.15, -0.1) is 0 Å². The van der Waals surface area contributed by atoms with Crippen molar-refractivity contribution in [3.8, 4) is 0 Å². The Morgan fingerprint density at radius 1 is 1.39 bits per heavy atom. The highest BCUT2D eigenvalue weighted by Crippen LogP contribution is 2.14. The second-order valence-electron chi connectivity index (χ2n) is 5.62. The first-order valence-electron chi connectivity index (χ1n) is 7.64. The number of rotatable bonds is 7. The predicted molar refractivity (Wildman–Crippen MR) is 86.6 cm³/mol. The third-order valence-corrected chi connectivity index (χ3v) is 5.12. The largest absolute Gasteiger partial charge is 0.377 e. The van der Waals surface area contributed by atoms with Crippen LogP contribution in [0.5, 0.6) is 0 Å². The molecule has 1 aromatic carbocycles. The number of carbonyl (C=O) groups is 1. The summed E-state index contributed by atoms with van der Waals surface area (Å²) in [5, 5.41) is 2.72. The van der Waals surface area contributed by atoms with Gasteiger partial charge in [-0.1, -0.05) is 0 Å². The Labute approximate surface area is 136 Å². The van der Waals surface area contributed by atoms with Gasteiger partial charge in [0.05, 0.1) is 11.0 Å². The zero-order valence-electron chi connectivity index (χ0n) is 13.1. The molecule has 0 radical (unpaired) electrons. The molecule has 23 heavy (non-hydrogen) atoms. The van der Waals surface area contributed by atoms with Crippen LogP contribution in [-0.2, 0) is 14.8 Å². The maximum atomic E-state index is 12.2. The number of ether oxygens (including phenoxy) is 1. The summed E-state index contributed by atoms with van der Waals surface area (Å²) in [6.07, 6.45) is 1.76. The van der Waals surface area contributed by atoms with Crippen molar-refractivity contribution in [1.29, 1.82) is 0 Å². The molecular weight excluding hydrogens is 318 g/mol. The Balaban J connectivity index is 1.98. The van der Waals surface area contributed by atoms with Crippen LogP contribution in [0.3, 0.4) is 0 Å². The van der Waals surface area contributed by atoms with E-state index in [2.05, 4.69) is 10.0 Å². The molecule has 2 atom stereocenters. The summed E-state index contributed by atoms with van der Waals surface area (Å²) >= 11 is 0. The molecule has 1 fully saturated rings. The van der Waals surface area contributed by atoms with Crippen LogP contribution in [0.4, 0.5) is 0 Å². The highest BCUT2D eigenvalue weighted by atomic mass is 32.2. The van der Waals surface area contributed by atoms with Gasteiger partial charge >= 0.3 is 0 Å². The number of carbonyl (C=O) groups excluding carboxylic acids is 1. The summed E-state index contributed by atoms with van der Waals surface area (Å²) in [5.41, 5.74) is 5.84. The number of nitrogens with one attached hydrogen (secondary N) is 2. The smallest absolute Gasteiger partial charge is 0.251 e. The van der Waals surface area contributed by atoms with Gasteiger partial charge in [0.2, 0.25) is 10.0 Å². The van der Waals surface area contributed by atoms with E-state index in [0.29, 0.717) is 18.7 Å². The molecule has 1 heterocycles. The van der Waals surface area contributed by atoms with Gasteiger partial charge in [0.15, 0.2) is 0 Å². The Hall–Kier alpha value is -1.48. The topological polar surface area (TPSA) is 111 Å². The van der Waals surface area contributed by atoms with Crippen molar-refractivity contribution in [2.24, 2.45) is 5.73 Å². The van der Waals surface area contributed by atoms with Gasteiger partial charge in [0, 0.05) is 31.3 Å². The first-order valence-corrected chi connectivity index (χ1v) is 9.13. The van der Waals surface area contributed by atoms with Crippen molar-refractivity contribution in [2.75, 3.05) is 19.7 Å². The van der Waals surface area contributed by atoms with Crippen molar-refractivity contribution >= 4 is 15.9 Å². The van der Waals surface area contributed by atoms with Crippen LogP contribution in [0.15, 0.2) is 29.2 Å². The molecule has 128 valence electrons. The van der Waals surface area contributed by atoms with Crippen LogP contribution in [0, 0.1) is 0 Å². The summed E-state index contributed by atoms with van der Waals surface area (Å²) in [6, 6.07) is 5.66.